The molecule has 126 valence electrons. The third-order valence-electron chi connectivity index (χ3n) is 3.51. The van der Waals surface area contributed by atoms with Crippen LogP contribution in [0.1, 0.15) is 15.9 Å². The summed E-state index contributed by atoms with van der Waals surface area (Å²) in [6, 6.07) is 11.4. The summed E-state index contributed by atoms with van der Waals surface area (Å²) < 4.78 is 49.2. The zero-order valence-electron chi connectivity index (χ0n) is 12.5. The Morgan fingerprint density at radius 2 is 1.88 bits per heavy atom. The molecule has 1 aliphatic heterocycles. The Hall–Kier alpha value is -2.70. The first-order valence-corrected chi connectivity index (χ1v) is 7.27. The Morgan fingerprint density at radius 1 is 1.12 bits per heavy atom. The molecule has 0 saturated carbocycles. The van der Waals surface area contributed by atoms with E-state index in [0.29, 0.717) is 11.5 Å². The zero-order valence-corrected chi connectivity index (χ0v) is 12.5. The second kappa shape index (κ2) is 6.43. The van der Waals surface area contributed by atoms with Crippen LogP contribution in [-0.4, -0.2) is 25.2 Å². The molecule has 0 saturated heterocycles. The predicted octanol–water partition coefficient (Wildman–Crippen LogP) is 3.28. The maximum absolute atomic E-state index is 12.7. The van der Waals surface area contributed by atoms with Crippen LogP contribution in [0.15, 0.2) is 48.5 Å². The molecule has 1 aliphatic rings. The topological polar surface area (TPSA) is 47.6 Å². The summed E-state index contributed by atoms with van der Waals surface area (Å²) in [5, 5.41) is 2.57. The Bertz CT molecular complexity index is 746. The number of halogens is 3. The molecule has 0 aromatic heterocycles. The highest BCUT2D eigenvalue weighted by Crippen LogP contribution is 2.31. The molecule has 0 unspecified atom stereocenters. The van der Waals surface area contributed by atoms with Crippen molar-refractivity contribution in [2.24, 2.45) is 0 Å². The lowest BCUT2D eigenvalue weighted by Crippen LogP contribution is -2.40. The second-order valence-electron chi connectivity index (χ2n) is 5.29. The molecule has 0 bridgehead atoms. The molecule has 0 aliphatic carbocycles. The number of hydrogen-bond donors (Lipinski definition) is 1. The van der Waals surface area contributed by atoms with Crippen LogP contribution < -0.4 is 14.8 Å². The molecular formula is C17H14F3NO3. The van der Waals surface area contributed by atoms with Gasteiger partial charge in [-0.2, -0.15) is 13.2 Å². The summed E-state index contributed by atoms with van der Waals surface area (Å²) in [6.45, 7) is 0.378. The molecule has 1 amide bonds. The minimum atomic E-state index is -4.49. The van der Waals surface area contributed by atoms with Crippen molar-refractivity contribution in [1.82, 2.24) is 5.32 Å². The monoisotopic (exact) mass is 337 g/mol. The van der Waals surface area contributed by atoms with E-state index in [4.69, 9.17) is 9.47 Å². The number of carbonyl (C=O) groups is 1. The predicted molar refractivity (Wildman–Crippen MR) is 80.1 cm³/mol. The molecule has 1 N–H and O–H groups in total. The number of alkyl halides is 3. The van der Waals surface area contributed by atoms with Gasteiger partial charge < -0.3 is 14.8 Å². The van der Waals surface area contributed by atoms with Crippen molar-refractivity contribution in [3.63, 3.8) is 0 Å². The van der Waals surface area contributed by atoms with Crippen molar-refractivity contribution in [3.05, 3.63) is 59.7 Å². The van der Waals surface area contributed by atoms with Gasteiger partial charge in [-0.05, 0) is 30.3 Å². The van der Waals surface area contributed by atoms with Crippen LogP contribution >= 0.6 is 0 Å². The minimum absolute atomic E-state index is 0.0537. The van der Waals surface area contributed by atoms with Gasteiger partial charge in [0.15, 0.2) is 11.5 Å². The highest BCUT2D eigenvalue weighted by molar-refractivity contribution is 5.94. The summed E-state index contributed by atoms with van der Waals surface area (Å²) >= 11 is 0. The van der Waals surface area contributed by atoms with Gasteiger partial charge in [0.1, 0.15) is 12.7 Å². The molecule has 24 heavy (non-hydrogen) atoms. The molecule has 0 radical (unpaired) electrons. The van der Waals surface area contributed by atoms with E-state index < -0.39 is 23.8 Å². The molecule has 1 heterocycles. The number of amides is 1. The van der Waals surface area contributed by atoms with Crippen molar-refractivity contribution >= 4 is 5.91 Å². The largest absolute Gasteiger partial charge is 0.486 e. The third kappa shape index (κ3) is 3.61. The molecule has 2 aromatic rings. The summed E-state index contributed by atoms with van der Waals surface area (Å²) in [5.41, 5.74) is -0.914. The molecule has 3 rings (SSSR count). The fourth-order valence-electron chi connectivity index (χ4n) is 2.31. The number of hydrogen-bond acceptors (Lipinski definition) is 3. The van der Waals surface area contributed by atoms with Crippen molar-refractivity contribution < 1.29 is 27.4 Å². The third-order valence-corrected chi connectivity index (χ3v) is 3.51. The lowest BCUT2D eigenvalue weighted by atomic mass is 10.1. The van der Waals surface area contributed by atoms with E-state index in [0.717, 1.165) is 12.1 Å². The number of rotatable bonds is 3. The highest BCUT2D eigenvalue weighted by Gasteiger charge is 2.31. The van der Waals surface area contributed by atoms with Crippen LogP contribution in [0.2, 0.25) is 0 Å². The molecule has 1 atom stereocenters. The standard InChI is InChI=1S/C17H14F3NO3/c18-17(19,20)12-5-3-4-11(8-12)16(22)21-9-13-10-23-14-6-1-2-7-15(14)24-13/h1-8,13H,9-10H2,(H,21,22)/t13-/m1/s1. The van der Waals surface area contributed by atoms with E-state index in [1.807, 2.05) is 6.07 Å². The molecule has 7 heteroatoms. The first kappa shape index (κ1) is 16.2. The lowest BCUT2D eigenvalue weighted by molar-refractivity contribution is -0.137. The van der Waals surface area contributed by atoms with Crippen molar-refractivity contribution in [2.75, 3.05) is 13.2 Å². The van der Waals surface area contributed by atoms with Gasteiger partial charge in [-0.15, -0.1) is 0 Å². The van der Waals surface area contributed by atoms with Gasteiger partial charge in [-0.1, -0.05) is 18.2 Å². The number of benzene rings is 2. The van der Waals surface area contributed by atoms with Crippen LogP contribution in [0.25, 0.3) is 0 Å². The normalized spacial score (nSPS) is 16.5. The van der Waals surface area contributed by atoms with E-state index in [1.165, 1.54) is 12.1 Å². The Labute approximate surface area is 136 Å². The average Bonchev–Trinajstić information content (AvgIpc) is 2.59. The van der Waals surface area contributed by atoms with Crippen molar-refractivity contribution in [2.45, 2.75) is 12.3 Å². The molecule has 0 fully saturated rings. The number of carbonyl (C=O) groups excluding carboxylic acids is 1. The molecular weight excluding hydrogens is 323 g/mol. The van der Waals surface area contributed by atoms with E-state index in [9.17, 15) is 18.0 Å². The molecule has 0 spiro atoms. The zero-order chi connectivity index (χ0) is 17.2. The smallest absolute Gasteiger partial charge is 0.416 e. The number of para-hydroxylation sites is 2. The highest BCUT2D eigenvalue weighted by atomic mass is 19.4. The summed E-state index contributed by atoms with van der Waals surface area (Å²) in [5.74, 6) is 0.601. The second-order valence-corrected chi connectivity index (χ2v) is 5.29. The Balaban J connectivity index is 1.61. The number of ether oxygens (including phenoxy) is 2. The molecule has 4 nitrogen and oxygen atoms in total. The van der Waals surface area contributed by atoms with E-state index in [2.05, 4.69) is 5.32 Å². The fourth-order valence-corrected chi connectivity index (χ4v) is 2.31. The van der Waals surface area contributed by atoms with Gasteiger partial charge in [0, 0.05) is 5.56 Å². The SMILES string of the molecule is O=C(NC[C@@H]1COc2ccccc2O1)c1cccc(C(F)(F)F)c1. The van der Waals surface area contributed by atoms with Gasteiger partial charge >= 0.3 is 6.18 Å². The average molecular weight is 337 g/mol. The Kier molecular flexibility index (Phi) is 4.33. The van der Waals surface area contributed by atoms with Crippen LogP contribution in [0.5, 0.6) is 11.5 Å². The number of fused-ring (bicyclic) bond motifs is 1. The van der Waals surface area contributed by atoms with E-state index in [-0.39, 0.29) is 18.7 Å². The van der Waals surface area contributed by atoms with Crippen LogP contribution in [-0.2, 0) is 6.18 Å². The summed E-state index contributed by atoms with van der Waals surface area (Å²) in [4.78, 5) is 12.0. The van der Waals surface area contributed by atoms with E-state index in [1.54, 1.807) is 18.2 Å². The van der Waals surface area contributed by atoms with Crippen LogP contribution in [0.3, 0.4) is 0 Å². The van der Waals surface area contributed by atoms with E-state index >= 15 is 0 Å². The van der Waals surface area contributed by atoms with Crippen molar-refractivity contribution in [1.29, 1.82) is 0 Å². The first-order valence-electron chi connectivity index (χ1n) is 7.27. The van der Waals surface area contributed by atoms with Gasteiger partial charge in [0.25, 0.3) is 5.91 Å². The maximum Gasteiger partial charge on any atom is 0.416 e. The van der Waals surface area contributed by atoms with Crippen LogP contribution in [0, 0.1) is 0 Å². The van der Waals surface area contributed by atoms with Crippen molar-refractivity contribution in [3.8, 4) is 11.5 Å². The van der Waals surface area contributed by atoms with Crippen LogP contribution in [0.4, 0.5) is 13.2 Å². The summed E-state index contributed by atoms with van der Waals surface area (Å²) in [7, 11) is 0. The molecule has 2 aromatic carbocycles. The minimum Gasteiger partial charge on any atom is -0.486 e. The Morgan fingerprint density at radius 3 is 2.62 bits per heavy atom. The van der Waals surface area contributed by atoms with Gasteiger partial charge in [-0.25, -0.2) is 0 Å². The van der Waals surface area contributed by atoms with Gasteiger partial charge in [0.05, 0.1) is 12.1 Å². The number of nitrogens with one attached hydrogen (secondary N) is 1. The summed E-state index contributed by atoms with van der Waals surface area (Å²) in [6.07, 6.45) is -4.89. The van der Waals surface area contributed by atoms with Gasteiger partial charge in [-0.3, -0.25) is 4.79 Å². The van der Waals surface area contributed by atoms with Gasteiger partial charge in [0.2, 0.25) is 0 Å². The maximum atomic E-state index is 12.7. The fraction of sp³-hybridized carbons (Fsp3) is 0.235. The first-order chi connectivity index (χ1) is 11.4. The lowest BCUT2D eigenvalue weighted by Gasteiger charge is -2.26. The quantitative estimate of drug-likeness (QED) is 0.935.